The van der Waals surface area contributed by atoms with Crippen molar-refractivity contribution in [3.05, 3.63) is 0 Å². The topological polar surface area (TPSA) is 55.1 Å². The van der Waals surface area contributed by atoms with Crippen LogP contribution in [-0.2, 0) is 4.79 Å². The van der Waals surface area contributed by atoms with Gasteiger partial charge in [0.05, 0.1) is 10.5 Å². The highest BCUT2D eigenvalue weighted by atomic mass is 32.1. The Morgan fingerprint density at radius 1 is 1.54 bits per heavy atom. The summed E-state index contributed by atoms with van der Waals surface area (Å²) in [6.07, 6.45) is 2.08. The largest absolute Gasteiger partial charge is 0.391 e. The lowest BCUT2D eigenvalue weighted by Crippen LogP contribution is -2.54. The molecule has 0 saturated heterocycles. The smallest absolute Gasteiger partial charge is 0.220 e. The zero-order valence-corrected chi connectivity index (χ0v) is 9.33. The van der Waals surface area contributed by atoms with Crippen molar-refractivity contribution in [2.75, 3.05) is 0 Å². The van der Waals surface area contributed by atoms with Crippen LogP contribution >= 0.6 is 12.2 Å². The van der Waals surface area contributed by atoms with Crippen molar-refractivity contribution in [3.8, 4) is 0 Å². The Morgan fingerprint density at radius 3 is 2.38 bits per heavy atom. The normalized spacial score (nSPS) is 14.7. The fraction of sp³-hybridized carbons (Fsp3) is 0.778. The molecular weight excluding hydrogens is 184 g/mol. The van der Waals surface area contributed by atoms with Gasteiger partial charge in [-0.2, -0.15) is 0 Å². The Labute approximate surface area is 85.1 Å². The highest BCUT2D eigenvalue weighted by Gasteiger charge is 2.26. The molecule has 1 amide bonds. The average Bonchev–Trinajstić information content (AvgIpc) is 2.04. The van der Waals surface area contributed by atoms with Gasteiger partial charge in [0.1, 0.15) is 0 Å². The molecule has 3 N–H and O–H groups in total. The lowest BCUT2D eigenvalue weighted by atomic mass is 9.99. The van der Waals surface area contributed by atoms with E-state index in [0.29, 0.717) is 11.4 Å². The van der Waals surface area contributed by atoms with Gasteiger partial charge < -0.3 is 11.1 Å². The number of amides is 1. The third-order valence-corrected chi connectivity index (χ3v) is 2.59. The molecule has 76 valence electrons. The number of nitrogens with two attached hydrogens (primary N) is 1. The zero-order valence-electron chi connectivity index (χ0n) is 8.52. The first-order valence-electron chi connectivity index (χ1n) is 4.57. The summed E-state index contributed by atoms with van der Waals surface area (Å²) in [6, 6.07) is 0. The first kappa shape index (κ1) is 12.4. The number of thiocarbonyl (C=S) groups is 1. The molecular formula is C9H18N2OS. The van der Waals surface area contributed by atoms with Crippen LogP contribution in [-0.4, -0.2) is 16.4 Å². The minimum Gasteiger partial charge on any atom is -0.391 e. The molecule has 1 atom stereocenters. The van der Waals surface area contributed by atoms with Gasteiger partial charge in [-0.25, -0.2) is 0 Å². The molecule has 0 saturated carbocycles. The molecule has 0 radical (unpaired) electrons. The van der Waals surface area contributed by atoms with Crippen molar-refractivity contribution in [2.45, 2.75) is 45.6 Å². The summed E-state index contributed by atoms with van der Waals surface area (Å²) in [4.78, 5) is 11.6. The standard InChI is InChI=1S/C9H18N2OS/c1-4-6-7(12)11-9(3,5-2)8(10)13/h4-6H2,1-3H3,(H2,10,13)(H,11,12). The van der Waals surface area contributed by atoms with E-state index in [9.17, 15) is 4.79 Å². The number of hydrogen-bond donors (Lipinski definition) is 2. The lowest BCUT2D eigenvalue weighted by Gasteiger charge is -2.28. The Kier molecular flexibility index (Phi) is 4.91. The summed E-state index contributed by atoms with van der Waals surface area (Å²) in [7, 11) is 0. The van der Waals surface area contributed by atoms with E-state index < -0.39 is 5.54 Å². The van der Waals surface area contributed by atoms with Gasteiger partial charge in [0, 0.05) is 6.42 Å². The number of nitrogens with one attached hydrogen (secondary N) is 1. The molecule has 0 fully saturated rings. The Bertz CT molecular complexity index is 206. The van der Waals surface area contributed by atoms with E-state index >= 15 is 0 Å². The summed E-state index contributed by atoms with van der Waals surface area (Å²) in [6.45, 7) is 5.76. The lowest BCUT2D eigenvalue weighted by molar-refractivity contribution is -0.122. The van der Waals surface area contributed by atoms with Crippen molar-refractivity contribution in [1.82, 2.24) is 5.32 Å². The molecule has 0 aromatic rings. The molecule has 0 bridgehead atoms. The fourth-order valence-corrected chi connectivity index (χ4v) is 1.12. The molecule has 0 aliphatic heterocycles. The van der Waals surface area contributed by atoms with Gasteiger partial charge in [-0.1, -0.05) is 26.1 Å². The molecule has 0 aliphatic carbocycles. The average molecular weight is 202 g/mol. The van der Waals surface area contributed by atoms with Crippen molar-refractivity contribution in [2.24, 2.45) is 5.73 Å². The third kappa shape index (κ3) is 3.72. The molecule has 3 nitrogen and oxygen atoms in total. The predicted molar refractivity (Wildman–Crippen MR) is 58.5 cm³/mol. The molecule has 13 heavy (non-hydrogen) atoms. The van der Waals surface area contributed by atoms with Crippen LogP contribution in [0.4, 0.5) is 0 Å². The summed E-state index contributed by atoms with van der Waals surface area (Å²) in [5.74, 6) is 0.0136. The monoisotopic (exact) mass is 202 g/mol. The van der Waals surface area contributed by atoms with Crippen molar-refractivity contribution in [3.63, 3.8) is 0 Å². The highest BCUT2D eigenvalue weighted by Crippen LogP contribution is 2.09. The van der Waals surface area contributed by atoms with E-state index in [0.717, 1.165) is 12.8 Å². The SMILES string of the molecule is CCCC(=O)NC(C)(CC)C(N)=S. The minimum absolute atomic E-state index is 0.0136. The van der Waals surface area contributed by atoms with Crippen LogP contribution in [0.25, 0.3) is 0 Å². The second-order valence-corrected chi connectivity index (χ2v) is 3.79. The van der Waals surface area contributed by atoms with Crippen LogP contribution in [0.3, 0.4) is 0 Å². The maximum Gasteiger partial charge on any atom is 0.220 e. The van der Waals surface area contributed by atoms with Crippen LogP contribution in [0.5, 0.6) is 0 Å². The van der Waals surface area contributed by atoms with Gasteiger partial charge in [0.25, 0.3) is 0 Å². The first-order valence-corrected chi connectivity index (χ1v) is 4.98. The van der Waals surface area contributed by atoms with E-state index in [2.05, 4.69) is 5.32 Å². The molecule has 0 aromatic heterocycles. The van der Waals surface area contributed by atoms with E-state index in [4.69, 9.17) is 18.0 Å². The second-order valence-electron chi connectivity index (χ2n) is 3.35. The zero-order chi connectivity index (χ0) is 10.5. The molecule has 0 aromatic carbocycles. The maximum absolute atomic E-state index is 11.3. The van der Waals surface area contributed by atoms with Crippen LogP contribution in [0.1, 0.15) is 40.0 Å². The maximum atomic E-state index is 11.3. The Morgan fingerprint density at radius 2 is 2.08 bits per heavy atom. The molecule has 4 heteroatoms. The summed E-state index contributed by atoms with van der Waals surface area (Å²) in [5, 5.41) is 2.84. The quantitative estimate of drug-likeness (QED) is 0.662. The van der Waals surface area contributed by atoms with Gasteiger partial charge in [-0.15, -0.1) is 0 Å². The molecule has 0 heterocycles. The number of carbonyl (C=O) groups excluding carboxylic acids is 1. The van der Waals surface area contributed by atoms with Gasteiger partial charge in [-0.3, -0.25) is 4.79 Å². The molecule has 1 unspecified atom stereocenters. The minimum atomic E-state index is -0.526. The number of hydrogen-bond acceptors (Lipinski definition) is 2. The third-order valence-electron chi connectivity index (χ3n) is 2.14. The summed E-state index contributed by atoms with van der Waals surface area (Å²) < 4.78 is 0. The van der Waals surface area contributed by atoms with Gasteiger partial charge in [0.2, 0.25) is 5.91 Å². The molecule has 0 rings (SSSR count). The number of carbonyl (C=O) groups is 1. The van der Waals surface area contributed by atoms with Crippen LogP contribution < -0.4 is 11.1 Å². The molecule has 0 spiro atoms. The van der Waals surface area contributed by atoms with Crippen LogP contribution in [0, 0.1) is 0 Å². The van der Waals surface area contributed by atoms with Crippen molar-refractivity contribution < 1.29 is 4.79 Å². The Balaban J connectivity index is 4.27. The van der Waals surface area contributed by atoms with E-state index in [1.165, 1.54) is 0 Å². The molecule has 0 aliphatic rings. The van der Waals surface area contributed by atoms with Crippen LogP contribution in [0.2, 0.25) is 0 Å². The van der Waals surface area contributed by atoms with Crippen molar-refractivity contribution in [1.29, 1.82) is 0 Å². The predicted octanol–water partition coefficient (Wildman–Crippen LogP) is 1.36. The van der Waals surface area contributed by atoms with Crippen LogP contribution in [0.15, 0.2) is 0 Å². The van der Waals surface area contributed by atoms with Crippen molar-refractivity contribution >= 4 is 23.1 Å². The van der Waals surface area contributed by atoms with Gasteiger partial charge in [0.15, 0.2) is 0 Å². The van der Waals surface area contributed by atoms with Gasteiger partial charge in [-0.05, 0) is 19.8 Å². The number of rotatable bonds is 5. The second kappa shape index (κ2) is 5.17. The Hall–Kier alpha value is -0.640. The van der Waals surface area contributed by atoms with E-state index in [1.54, 1.807) is 0 Å². The first-order chi connectivity index (χ1) is 5.96. The van der Waals surface area contributed by atoms with E-state index in [1.807, 2.05) is 20.8 Å². The summed E-state index contributed by atoms with van der Waals surface area (Å²) in [5.41, 5.74) is 5.02. The van der Waals surface area contributed by atoms with Gasteiger partial charge >= 0.3 is 0 Å². The highest BCUT2D eigenvalue weighted by molar-refractivity contribution is 7.80. The fourth-order valence-electron chi connectivity index (χ4n) is 0.921. The van der Waals surface area contributed by atoms with E-state index in [-0.39, 0.29) is 5.91 Å². The summed E-state index contributed by atoms with van der Waals surface area (Å²) >= 11 is 4.90.